The first kappa shape index (κ1) is 28.0. The average molecular weight is 556 g/mol. The van der Waals surface area contributed by atoms with Gasteiger partial charge in [-0.2, -0.15) is 0 Å². The molecule has 0 spiro atoms. The number of rotatable bonds is 10. The molecule has 1 atom stereocenters. The number of benzene rings is 2. The summed E-state index contributed by atoms with van der Waals surface area (Å²) in [5.74, 6) is 1.16. The summed E-state index contributed by atoms with van der Waals surface area (Å²) in [6, 6.07) is 17.6. The Balaban J connectivity index is 1.34. The molecule has 0 bridgehead atoms. The summed E-state index contributed by atoms with van der Waals surface area (Å²) in [5, 5.41) is 9.95. The summed E-state index contributed by atoms with van der Waals surface area (Å²) >= 11 is 0. The fraction of sp³-hybridized carbons (Fsp3) is 0.344. The highest BCUT2D eigenvalue weighted by Gasteiger charge is 2.36. The quantitative estimate of drug-likeness (QED) is 0.211. The van der Waals surface area contributed by atoms with E-state index in [1.54, 1.807) is 44.7 Å². The second-order valence-corrected chi connectivity index (χ2v) is 10.6. The Morgan fingerprint density at radius 1 is 0.951 bits per heavy atom. The third-order valence-corrected chi connectivity index (χ3v) is 8.00. The van der Waals surface area contributed by atoms with Crippen LogP contribution in [-0.4, -0.2) is 48.7 Å². The van der Waals surface area contributed by atoms with Gasteiger partial charge in [0.25, 0.3) is 0 Å². The first-order chi connectivity index (χ1) is 20.0. The van der Waals surface area contributed by atoms with Crippen LogP contribution in [0.4, 0.5) is 10.5 Å². The molecule has 1 fully saturated rings. The van der Waals surface area contributed by atoms with Crippen LogP contribution in [0.3, 0.4) is 0 Å². The zero-order valence-corrected chi connectivity index (χ0v) is 23.5. The Labute approximate surface area is 240 Å². The van der Waals surface area contributed by atoms with Crippen molar-refractivity contribution in [1.29, 1.82) is 0 Å². The number of carbonyl (C=O) groups is 2. The maximum atomic E-state index is 13.8. The molecule has 9 heteroatoms. The fourth-order valence-electron chi connectivity index (χ4n) is 5.68. The minimum atomic E-state index is -0.795. The number of nitrogens with zero attached hydrogens (tertiary/aromatic N) is 1. The molecule has 214 valence electrons. The number of nitrogens with one attached hydrogen (secondary N) is 4. The zero-order chi connectivity index (χ0) is 28.7. The Morgan fingerprint density at radius 2 is 1.68 bits per heavy atom. The average Bonchev–Trinajstić information content (AvgIpc) is 3.43. The minimum Gasteiger partial charge on any atom is -0.497 e. The second-order valence-electron chi connectivity index (χ2n) is 10.6. The normalized spacial score (nSPS) is 15.1. The lowest BCUT2D eigenvalue weighted by molar-refractivity contribution is -0.123. The lowest BCUT2D eigenvalue weighted by atomic mass is 9.71. The number of ether oxygens (including phenoxy) is 2. The van der Waals surface area contributed by atoms with Gasteiger partial charge in [-0.15, -0.1) is 0 Å². The van der Waals surface area contributed by atoms with Crippen molar-refractivity contribution >= 4 is 28.5 Å². The Morgan fingerprint density at radius 3 is 2.39 bits per heavy atom. The van der Waals surface area contributed by atoms with Gasteiger partial charge in [-0.25, -0.2) is 4.79 Å². The molecule has 2 aromatic carbocycles. The van der Waals surface area contributed by atoms with E-state index < -0.39 is 12.1 Å². The smallest absolute Gasteiger partial charge is 0.319 e. The summed E-state index contributed by atoms with van der Waals surface area (Å²) in [4.78, 5) is 34.8. The number of hydrogen-bond acceptors (Lipinski definition) is 5. The Bertz CT molecular complexity index is 1460. The number of pyridine rings is 1. The number of carbonyl (C=O) groups excluding carboxylic acids is 2. The summed E-state index contributed by atoms with van der Waals surface area (Å²) in [6.07, 6.45) is 9.16. The van der Waals surface area contributed by atoms with Crippen LogP contribution in [0.5, 0.6) is 11.5 Å². The van der Waals surface area contributed by atoms with Crippen molar-refractivity contribution in [3.63, 3.8) is 0 Å². The van der Waals surface area contributed by atoms with Gasteiger partial charge in [0, 0.05) is 46.9 Å². The van der Waals surface area contributed by atoms with E-state index in [-0.39, 0.29) is 11.3 Å². The maximum absolute atomic E-state index is 13.8. The third kappa shape index (κ3) is 6.62. The second kappa shape index (κ2) is 12.8. The van der Waals surface area contributed by atoms with Crippen molar-refractivity contribution < 1.29 is 19.1 Å². The molecule has 4 aromatic rings. The van der Waals surface area contributed by atoms with Crippen LogP contribution < -0.4 is 25.4 Å². The highest BCUT2D eigenvalue weighted by molar-refractivity contribution is 5.94. The lowest BCUT2D eigenvalue weighted by Gasteiger charge is -2.37. The monoisotopic (exact) mass is 555 g/mol. The van der Waals surface area contributed by atoms with Crippen LogP contribution in [-0.2, 0) is 16.6 Å². The molecule has 1 aliphatic carbocycles. The number of amides is 3. The number of methoxy groups -OCH3 is 2. The minimum absolute atomic E-state index is 0.237. The third-order valence-electron chi connectivity index (χ3n) is 8.00. The molecule has 1 aliphatic rings. The first-order valence-corrected chi connectivity index (χ1v) is 14.0. The number of hydrogen-bond donors (Lipinski definition) is 4. The maximum Gasteiger partial charge on any atom is 0.319 e. The lowest BCUT2D eigenvalue weighted by Crippen LogP contribution is -2.52. The Hall–Kier alpha value is -4.53. The van der Waals surface area contributed by atoms with Gasteiger partial charge in [-0.3, -0.25) is 9.78 Å². The van der Waals surface area contributed by atoms with Crippen LogP contribution in [0.1, 0.15) is 43.4 Å². The summed E-state index contributed by atoms with van der Waals surface area (Å²) in [5.41, 5.74) is 3.22. The van der Waals surface area contributed by atoms with E-state index >= 15 is 0 Å². The molecule has 1 saturated carbocycles. The highest BCUT2D eigenvalue weighted by atomic mass is 16.5. The van der Waals surface area contributed by atoms with Gasteiger partial charge >= 0.3 is 6.03 Å². The number of aromatic nitrogens is 2. The highest BCUT2D eigenvalue weighted by Crippen LogP contribution is 2.38. The molecule has 2 aromatic heterocycles. The van der Waals surface area contributed by atoms with Gasteiger partial charge in [0.1, 0.15) is 17.5 Å². The molecule has 2 heterocycles. The molecule has 9 nitrogen and oxygen atoms in total. The molecule has 4 N–H and O–H groups in total. The van der Waals surface area contributed by atoms with Crippen LogP contribution in [0, 0.1) is 0 Å². The van der Waals surface area contributed by atoms with Crippen molar-refractivity contribution in [1.82, 2.24) is 20.6 Å². The van der Waals surface area contributed by atoms with Crippen molar-refractivity contribution in [3.05, 3.63) is 84.3 Å². The van der Waals surface area contributed by atoms with Crippen molar-refractivity contribution in [3.8, 4) is 11.5 Å². The molecular formula is C32H37N5O4. The number of aromatic amines is 1. The van der Waals surface area contributed by atoms with E-state index in [2.05, 4.69) is 20.9 Å². The topological polar surface area (TPSA) is 117 Å². The Kier molecular flexibility index (Phi) is 8.72. The molecule has 0 unspecified atom stereocenters. The van der Waals surface area contributed by atoms with Gasteiger partial charge in [0.05, 0.1) is 20.4 Å². The van der Waals surface area contributed by atoms with Crippen LogP contribution in [0.15, 0.2) is 73.1 Å². The number of H-pyrrole nitrogens is 1. The number of anilines is 1. The van der Waals surface area contributed by atoms with E-state index in [0.29, 0.717) is 30.2 Å². The van der Waals surface area contributed by atoms with Gasteiger partial charge < -0.3 is 30.4 Å². The molecule has 0 saturated heterocycles. The van der Waals surface area contributed by atoms with E-state index in [4.69, 9.17) is 14.5 Å². The molecule has 3 amide bonds. The molecule has 0 aliphatic heterocycles. The molecule has 41 heavy (non-hydrogen) atoms. The standard InChI is InChI=1S/C32H37N5O4/c1-40-24-12-10-23(11-13-24)36-31(39)37-28(18-22-19-33-27-9-5-4-8-26(22)27)30(38)35-21-32(16-6-3-7-17-32)29-15-14-25(41-2)20-34-29/h4-5,8-15,19-20,28,33H,3,6-7,16-18,21H2,1-2H3,(H,35,38)(H2,36,37,39)/t28-/m0/s1. The molecule has 0 radical (unpaired) electrons. The number of urea groups is 1. The van der Waals surface area contributed by atoms with E-state index in [9.17, 15) is 9.59 Å². The zero-order valence-electron chi connectivity index (χ0n) is 23.5. The summed E-state index contributed by atoms with van der Waals surface area (Å²) in [6.45, 7) is 0.442. The van der Waals surface area contributed by atoms with Gasteiger partial charge in [-0.1, -0.05) is 37.5 Å². The van der Waals surface area contributed by atoms with Crippen molar-refractivity contribution in [2.75, 3.05) is 26.1 Å². The number of fused-ring (bicyclic) bond motifs is 1. The first-order valence-electron chi connectivity index (χ1n) is 14.0. The predicted molar refractivity (Wildman–Crippen MR) is 160 cm³/mol. The predicted octanol–water partition coefficient (Wildman–Crippen LogP) is 5.33. The largest absolute Gasteiger partial charge is 0.497 e. The van der Waals surface area contributed by atoms with Crippen molar-refractivity contribution in [2.24, 2.45) is 0 Å². The van der Waals surface area contributed by atoms with Gasteiger partial charge in [0.15, 0.2) is 0 Å². The summed E-state index contributed by atoms with van der Waals surface area (Å²) in [7, 11) is 3.21. The summed E-state index contributed by atoms with van der Waals surface area (Å²) < 4.78 is 10.5. The molecular weight excluding hydrogens is 518 g/mol. The van der Waals surface area contributed by atoms with Gasteiger partial charge in [0.2, 0.25) is 5.91 Å². The van der Waals surface area contributed by atoms with Crippen LogP contribution in [0.2, 0.25) is 0 Å². The number of para-hydroxylation sites is 1. The SMILES string of the molecule is COc1ccc(NC(=O)N[C@@H](Cc2c[nH]c3ccccc23)C(=O)NCC2(c3ccc(OC)cn3)CCCCC2)cc1. The van der Waals surface area contributed by atoms with Crippen LogP contribution in [0.25, 0.3) is 10.9 Å². The van der Waals surface area contributed by atoms with Crippen molar-refractivity contribution in [2.45, 2.75) is 50.0 Å². The molecule has 5 rings (SSSR count). The van der Waals surface area contributed by atoms with E-state index in [1.165, 1.54) is 6.42 Å². The van der Waals surface area contributed by atoms with E-state index in [0.717, 1.165) is 47.8 Å². The van der Waals surface area contributed by atoms with Crippen LogP contribution >= 0.6 is 0 Å². The van der Waals surface area contributed by atoms with Gasteiger partial charge in [-0.05, 0) is 60.9 Å². The van der Waals surface area contributed by atoms with E-state index in [1.807, 2.05) is 42.6 Å². The fourth-order valence-corrected chi connectivity index (χ4v) is 5.68.